The molecule has 5 heterocycles. The summed E-state index contributed by atoms with van der Waals surface area (Å²) in [5.41, 5.74) is 1.65. The molecule has 2 fully saturated rings. The lowest BCUT2D eigenvalue weighted by molar-refractivity contribution is -0.374. The Bertz CT molecular complexity index is 2210. The van der Waals surface area contributed by atoms with Crippen molar-refractivity contribution in [3.63, 3.8) is 0 Å². The minimum absolute atomic E-state index is 0.0306. The Balaban J connectivity index is 0.00000207. The Kier molecular flexibility index (Phi) is 9.55. The lowest BCUT2D eigenvalue weighted by atomic mass is 9.86. The summed E-state index contributed by atoms with van der Waals surface area (Å²) in [4.78, 5) is 36.6. The first-order chi connectivity index (χ1) is 25.0. The highest BCUT2D eigenvalue weighted by Crippen LogP contribution is 2.52. The highest BCUT2D eigenvalue weighted by atomic mass is 16.7. The van der Waals surface area contributed by atoms with E-state index in [0.717, 1.165) is 22.2 Å². The summed E-state index contributed by atoms with van der Waals surface area (Å²) in [5, 5.41) is 39.2. The molecule has 4 atom stereocenters. The van der Waals surface area contributed by atoms with Crippen LogP contribution < -0.4 is 11.0 Å². The van der Waals surface area contributed by atoms with Gasteiger partial charge in [0.1, 0.15) is 18.2 Å². The van der Waals surface area contributed by atoms with Crippen LogP contribution in [0.2, 0.25) is 5.82 Å². The number of ether oxygens (including phenoxy) is 2. The van der Waals surface area contributed by atoms with E-state index in [2.05, 4.69) is 10.3 Å². The number of fused-ring (bicyclic) bond motifs is 2. The number of imidazole rings is 1. The Morgan fingerprint density at radius 1 is 1.12 bits per heavy atom. The fraction of sp³-hybridized carbons (Fsp3) is 0.432. The number of pyridine rings is 2. The topological polar surface area (TPSA) is 179 Å². The number of anilines is 2. The van der Waals surface area contributed by atoms with Crippen molar-refractivity contribution >= 4 is 53.1 Å². The fourth-order valence-corrected chi connectivity index (χ4v) is 7.43. The van der Waals surface area contributed by atoms with E-state index in [1.807, 2.05) is 63.2 Å². The molecule has 8 rings (SSSR count). The van der Waals surface area contributed by atoms with Gasteiger partial charge in [-0.1, -0.05) is 69.4 Å². The van der Waals surface area contributed by atoms with Crippen LogP contribution in [0.25, 0.3) is 27.6 Å². The number of hydrogen-bond acceptors (Lipinski definition) is 11. The summed E-state index contributed by atoms with van der Waals surface area (Å²) >= 11 is 0. The minimum atomic E-state index is -3.43. The smallest absolute Gasteiger partial charge is 0.377 e. The molecule has 1 aromatic carbocycles. The standard InChI is InChI=1S/C35H36BN7O7.C2H6/c1-20-17-34(20,32(44)50-19-21-5-3-2-4-6-21)43-31-25(30(40-43)22-11-13-49-14-12-22)9-10-28(39-31)38-29-16-26-27(18-37-29)42(35(46,47)48)33(45)41(26)24-8-7-23(36)15-24;1-2/h2-6,9-11,16,18,20,23-24,46-48H,7-8,12-15,17,19H2,1H3,(H,37,38,39);1-2H3. The number of hydrogen-bond donors (Lipinski definition) is 4. The number of carbonyl (C=O) groups is 1. The van der Waals surface area contributed by atoms with Crippen LogP contribution in [0.3, 0.4) is 0 Å². The van der Waals surface area contributed by atoms with Crippen molar-refractivity contribution in [3.8, 4) is 0 Å². The fourth-order valence-electron chi connectivity index (χ4n) is 7.43. The van der Waals surface area contributed by atoms with Crippen molar-refractivity contribution in [3.05, 3.63) is 82.5 Å². The summed E-state index contributed by atoms with van der Waals surface area (Å²) in [5.74, 6) is 0.180. The van der Waals surface area contributed by atoms with Gasteiger partial charge >= 0.3 is 17.8 Å². The number of rotatable bonds is 9. The van der Waals surface area contributed by atoms with E-state index in [1.165, 1.54) is 10.8 Å². The highest BCUT2D eigenvalue weighted by molar-refractivity contribution is 6.11. The zero-order valence-electron chi connectivity index (χ0n) is 29.4. The third-order valence-electron chi connectivity index (χ3n) is 10.1. The summed E-state index contributed by atoms with van der Waals surface area (Å²) < 4.78 is 15.0. The zero-order valence-corrected chi connectivity index (χ0v) is 29.4. The van der Waals surface area contributed by atoms with Crippen LogP contribution in [0.15, 0.2) is 65.6 Å². The summed E-state index contributed by atoms with van der Waals surface area (Å²) in [6.07, 6.45) is 2.88. The second kappa shape index (κ2) is 14.0. The molecule has 2 radical (unpaired) electrons. The highest BCUT2D eigenvalue weighted by Gasteiger charge is 2.62. The molecule has 52 heavy (non-hydrogen) atoms. The maximum atomic E-state index is 13.8. The number of nitrogens with one attached hydrogen (secondary N) is 1. The number of benzene rings is 1. The van der Waals surface area contributed by atoms with E-state index >= 15 is 0 Å². The van der Waals surface area contributed by atoms with Crippen molar-refractivity contribution in [2.45, 2.75) is 83.0 Å². The van der Waals surface area contributed by atoms with E-state index in [0.29, 0.717) is 72.7 Å². The van der Waals surface area contributed by atoms with E-state index in [4.69, 9.17) is 27.4 Å². The molecule has 0 spiro atoms. The molecule has 2 aliphatic carbocycles. The second-order valence-electron chi connectivity index (χ2n) is 13.5. The van der Waals surface area contributed by atoms with Gasteiger partial charge in [-0.05, 0) is 54.9 Å². The van der Waals surface area contributed by atoms with Crippen LogP contribution >= 0.6 is 0 Å². The van der Waals surface area contributed by atoms with Crippen molar-refractivity contribution in [2.24, 2.45) is 5.92 Å². The molecule has 1 aliphatic heterocycles. The van der Waals surface area contributed by atoms with Gasteiger partial charge in [0.15, 0.2) is 11.2 Å². The SMILES string of the molecule is CC.[B]C1CCC(n2c(=O)n(C(O)(O)O)c3cnc(Nc4ccc5c(C6=CCOCC6)nn(C6(C(=O)OCc7ccccc7)CC6C)c5n4)cc32)C1. The Hall–Kier alpha value is -4.83. The van der Waals surface area contributed by atoms with Crippen LogP contribution in [-0.2, 0) is 32.5 Å². The molecular formula is C37H42BN7O7. The molecule has 0 bridgehead atoms. The second-order valence-corrected chi connectivity index (χ2v) is 13.5. The van der Waals surface area contributed by atoms with Gasteiger partial charge in [0.2, 0.25) is 0 Å². The molecule has 15 heteroatoms. The molecule has 4 aromatic heterocycles. The quantitative estimate of drug-likeness (QED) is 0.0980. The largest absolute Gasteiger partial charge is 0.459 e. The summed E-state index contributed by atoms with van der Waals surface area (Å²) in [6, 6.07) is 14.5. The first-order valence-corrected chi connectivity index (χ1v) is 17.8. The number of carbonyl (C=O) groups excluding carboxylic acids is 1. The van der Waals surface area contributed by atoms with Gasteiger partial charge in [-0.2, -0.15) is 5.10 Å². The number of esters is 1. The van der Waals surface area contributed by atoms with Gasteiger partial charge in [0.25, 0.3) is 0 Å². The van der Waals surface area contributed by atoms with Crippen LogP contribution in [-0.4, -0.2) is 71.2 Å². The predicted molar refractivity (Wildman–Crippen MR) is 195 cm³/mol. The molecule has 0 amide bonds. The lowest BCUT2D eigenvalue weighted by Gasteiger charge is -2.18. The third kappa shape index (κ3) is 6.31. The average molecular weight is 708 g/mol. The Labute approximate surface area is 301 Å². The molecular weight excluding hydrogens is 665 g/mol. The van der Waals surface area contributed by atoms with Gasteiger partial charge < -0.3 is 30.1 Å². The van der Waals surface area contributed by atoms with Crippen molar-refractivity contribution in [1.82, 2.24) is 28.9 Å². The maximum Gasteiger partial charge on any atom is 0.377 e. The Morgan fingerprint density at radius 2 is 1.88 bits per heavy atom. The lowest BCUT2D eigenvalue weighted by Crippen LogP contribution is -2.41. The first kappa shape index (κ1) is 35.6. The van der Waals surface area contributed by atoms with Gasteiger partial charge in [0.05, 0.1) is 44.0 Å². The van der Waals surface area contributed by atoms with E-state index in [9.17, 15) is 24.9 Å². The van der Waals surface area contributed by atoms with E-state index in [1.54, 1.807) is 16.8 Å². The predicted octanol–water partition coefficient (Wildman–Crippen LogP) is 4.22. The van der Waals surface area contributed by atoms with Crippen LogP contribution in [0.1, 0.15) is 70.2 Å². The van der Waals surface area contributed by atoms with Gasteiger partial charge in [-0.3, -0.25) is 4.57 Å². The first-order valence-electron chi connectivity index (χ1n) is 17.8. The molecule has 4 unspecified atom stereocenters. The molecule has 2 saturated carbocycles. The molecule has 3 aliphatic rings. The van der Waals surface area contributed by atoms with E-state index < -0.39 is 17.3 Å². The van der Waals surface area contributed by atoms with Crippen LogP contribution in [0.5, 0.6) is 0 Å². The maximum absolute atomic E-state index is 13.8. The number of aromatic nitrogens is 6. The zero-order chi connectivity index (χ0) is 36.8. The van der Waals surface area contributed by atoms with Crippen molar-refractivity contribution in [2.75, 3.05) is 18.5 Å². The molecule has 5 aromatic rings. The monoisotopic (exact) mass is 707 g/mol. The average Bonchev–Trinajstić information content (AvgIpc) is 3.39. The van der Waals surface area contributed by atoms with Crippen molar-refractivity contribution < 1.29 is 29.6 Å². The molecule has 4 N–H and O–H groups in total. The molecule has 270 valence electrons. The summed E-state index contributed by atoms with van der Waals surface area (Å²) in [7, 11) is 6.14. The molecule has 0 saturated heterocycles. The number of aliphatic hydroxyl groups is 3. The van der Waals surface area contributed by atoms with Gasteiger partial charge in [-0.15, -0.1) is 0 Å². The van der Waals surface area contributed by atoms with Crippen molar-refractivity contribution in [1.29, 1.82) is 0 Å². The Morgan fingerprint density at radius 3 is 2.54 bits per heavy atom. The normalized spacial score (nSPS) is 22.9. The van der Waals surface area contributed by atoms with E-state index in [-0.39, 0.29) is 35.9 Å². The van der Waals surface area contributed by atoms with Gasteiger partial charge in [-0.25, -0.2) is 28.8 Å². The van der Waals surface area contributed by atoms with Crippen LogP contribution in [0, 0.1) is 5.92 Å². The van der Waals surface area contributed by atoms with Crippen LogP contribution in [0.4, 0.5) is 11.6 Å². The minimum Gasteiger partial charge on any atom is -0.459 e. The third-order valence-corrected chi connectivity index (χ3v) is 10.1. The summed E-state index contributed by atoms with van der Waals surface area (Å²) in [6.45, 7) is 7.16. The molecule has 14 nitrogen and oxygen atoms in total. The number of nitrogens with zero attached hydrogens (tertiary/aromatic N) is 6. The van der Waals surface area contributed by atoms with Gasteiger partial charge in [0, 0.05) is 17.5 Å².